The maximum absolute atomic E-state index is 11.2. The monoisotopic (exact) mass is 231 g/mol. The molecule has 17 heavy (non-hydrogen) atoms. The van der Waals surface area contributed by atoms with E-state index < -0.39 is 0 Å². The largest absolute Gasteiger partial charge is 0.352 e. The molecule has 0 bridgehead atoms. The lowest BCUT2D eigenvalue weighted by Gasteiger charge is -2.04. The Morgan fingerprint density at radius 2 is 2.47 bits per heavy atom. The summed E-state index contributed by atoms with van der Waals surface area (Å²) < 4.78 is 1.99. The van der Waals surface area contributed by atoms with Crippen LogP contribution in [0, 0.1) is 0 Å². The van der Waals surface area contributed by atoms with E-state index in [0.29, 0.717) is 13.0 Å². The standard InChI is InChI=1S/C13H17N3O/c1-3-4-11(13-14-5-6-16(13)2)7-10-8-12(17)15-9-10/h4-7H,3,8-9H2,1-2H3,(H,15,17)/b10-7-,11-4-. The zero-order valence-electron chi connectivity index (χ0n) is 10.2. The number of nitrogens with one attached hydrogen (secondary N) is 1. The zero-order valence-corrected chi connectivity index (χ0v) is 10.2. The molecule has 0 aromatic carbocycles. The van der Waals surface area contributed by atoms with Crippen molar-refractivity contribution in [3.05, 3.63) is 35.9 Å². The fourth-order valence-electron chi connectivity index (χ4n) is 1.94. The predicted molar refractivity (Wildman–Crippen MR) is 67.2 cm³/mol. The summed E-state index contributed by atoms with van der Waals surface area (Å²) in [4.78, 5) is 15.5. The first-order valence-corrected chi connectivity index (χ1v) is 5.84. The molecule has 0 radical (unpaired) electrons. The lowest BCUT2D eigenvalue weighted by Crippen LogP contribution is -2.12. The topological polar surface area (TPSA) is 46.9 Å². The number of aryl methyl sites for hydroxylation is 1. The Balaban J connectivity index is 2.28. The van der Waals surface area contributed by atoms with E-state index in [-0.39, 0.29) is 5.91 Å². The Hall–Kier alpha value is -1.84. The molecular weight excluding hydrogens is 214 g/mol. The van der Waals surface area contributed by atoms with Crippen LogP contribution in [0.5, 0.6) is 0 Å². The van der Waals surface area contributed by atoms with E-state index in [4.69, 9.17) is 0 Å². The van der Waals surface area contributed by atoms with Crippen LogP contribution in [-0.4, -0.2) is 22.0 Å². The van der Waals surface area contributed by atoms with Gasteiger partial charge >= 0.3 is 0 Å². The average molecular weight is 231 g/mol. The summed E-state index contributed by atoms with van der Waals surface area (Å²) in [6.07, 6.45) is 9.38. The van der Waals surface area contributed by atoms with Crippen molar-refractivity contribution >= 4 is 11.5 Å². The quantitative estimate of drug-likeness (QED) is 0.860. The number of carbonyl (C=O) groups is 1. The molecule has 0 saturated carbocycles. The van der Waals surface area contributed by atoms with Gasteiger partial charge in [0.2, 0.25) is 5.91 Å². The van der Waals surface area contributed by atoms with E-state index in [0.717, 1.165) is 23.4 Å². The summed E-state index contributed by atoms with van der Waals surface area (Å²) in [7, 11) is 1.97. The number of hydrogen-bond donors (Lipinski definition) is 1. The molecule has 90 valence electrons. The third-order valence-corrected chi connectivity index (χ3v) is 2.76. The van der Waals surface area contributed by atoms with Crippen LogP contribution in [0.15, 0.2) is 30.1 Å². The maximum atomic E-state index is 11.2. The molecule has 1 aliphatic rings. The second-order valence-electron chi connectivity index (χ2n) is 4.19. The Bertz CT molecular complexity index is 483. The van der Waals surface area contributed by atoms with Gasteiger partial charge in [-0.3, -0.25) is 4.79 Å². The molecule has 1 aromatic rings. The Morgan fingerprint density at radius 3 is 3.00 bits per heavy atom. The van der Waals surface area contributed by atoms with Crippen molar-refractivity contribution in [1.29, 1.82) is 0 Å². The van der Waals surface area contributed by atoms with E-state index in [1.54, 1.807) is 6.20 Å². The van der Waals surface area contributed by atoms with E-state index >= 15 is 0 Å². The van der Waals surface area contributed by atoms with Crippen LogP contribution in [0.1, 0.15) is 25.6 Å². The van der Waals surface area contributed by atoms with Crippen molar-refractivity contribution in [3.8, 4) is 0 Å². The van der Waals surface area contributed by atoms with Crippen LogP contribution in [0.4, 0.5) is 0 Å². The summed E-state index contributed by atoms with van der Waals surface area (Å²) in [5, 5.41) is 2.82. The molecule has 4 nitrogen and oxygen atoms in total. The van der Waals surface area contributed by atoms with Gasteiger partial charge in [0, 0.05) is 38.0 Å². The lowest BCUT2D eigenvalue weighted by molar-refractivity contribution is -0.118. The van der Waals surface area contributed by atoms with Crippen LogP contribution in [0.3, 0.4) is 0 Å². The molecule has 2 heterocycles. The molecule has 4 heteroatoms. The predicted octanol–water partition coefficient (Wildman–Crippen LogP) is 1.66. The third kappa shape index (κ3) is 2.64. The zero-order chi connectivity index (χ0) is 12.3. The minimum absolute atomic E-state index is 0.104. The normalized spacial score (nSPS) is 18.8. The van der Waals surface area contributed by atoms with Crippen LogP contribution in [0.25, 0.3) is 5.57 Å². The number of rotatable bonds is 3. The van der Waals surface area contributed by atoms with Crippen molar-refractivity contribution in [3.63, 3.8) is 0 Å². The van der Waals surface area contributed by atoms with Gasteiger partial charge in [0.1, 0.15) is 5.82 Å². The van der Waals surface area contributed by atoms with Crippen molar-refractivity contribution in [1.82, 2.24) is 14.9 Å². The minimum Gasteiger partial charge on any atom is -0.352 e. The SMILES string of the molecule is CC/C=C(/C=C1\CNC(=O)C1)c1nccn1C. The van der Waals surface area contributed by atoms with Crippen LogP contribution in [0.2, 0.25) is 0 Å². The Kier molecular flexibility index (Phi) is 3.42. The Morgan fingerprint density at radius 1 is 1.65 bits per heavy atom. The summed E-state index contributed by atoms with van der Waals surface area (Å²) >= 11 is 0. The van der Waals surface area contributed by atoms with Crippen LogP contribution >= 0.6 is 0 Å². The van der Waals surface area contributed by atoms with Crippen molar-refractivity contribution < 1.29 is 4.79 Å². The summed E-state index contributed by atoms with van der Waals surface area (Å²) in [6.45, 7) is 2.75. The second-order valence-corrected chi connectivity index (χ2v) is 4.19. The minimum atomic E-state index is 0.104. The van der Waals surface area contributed by atoms with E-state index in [1.165, 1.54) is 0 Å². The summed E-state index contributed by atoms with van der Waals surface area (Å²) in [6, 6.07) is 0. The Labute approximate surface area is 101 Å². The fraction of sp³-hybridized carbons (Fsp3) is 0.385. The highest BCUT2D eigenvalue weighted by Gasteiger charge is 2.15. The number of aromatic nitrogens is 2. The molecule has 1 amide bonds. The van der Waals surface area contributed by atoms with Gasteiger partial charge < -0.3 is 9.88 Å². The van der Waals surface area contributed by atoms with Gasteiger partial charge in [-0.15, -0.1) is 0 Å². The highest BCUT2D eigenvalue weighted by atomic mass is 16.1. The molecule has 1 fully saturated rings. The first-order chi connectivity index (χ1) is 8.20. The van der Waals surface area contributed by atoms with Gasteiger partial charge in [-0.05, 0) is 12.0 Å². The van der Waals surface area contributed by atoms with Crippen LogP contribution < -0.4 is 5.32 Å². The number of hydrogen-bond acceptors (Lipinski definition) is 2. The van der Waals surface area contributed by atoms with Crippen molar-refractivity contribution in [2.24, 2.45) is 7.05 Å². The number of allylic oxidation sites excluding steroid dienone is 3. The molecule has 0 aliphatic carbocycles. The van der Waals surface area contributed by atoms with Gasteiger partial charge in [0.15, 0.2) is 0 Å². The van der Waals surface area contributed by atoms with Crippen LogP contribution in [-0.2, 0) is 11.8 Å². The number of nitrogens with zero attached hydrogens (tertiary/aromatic N) is 2. The average Bonchev–Trinajstić information content (AvgIpc) is 2.87. The highest BCUT2D eigenvalue weighted by Crippen LogP contribution is 2.19. The van der Waals surface area contributed by atoms with Gasteiger partial charge in [-0.1, -0.05) is 19.1 Å². The van der Waals surface area contributed by atoms with Crippen molar-refractivity contribution in [2.45, 2.75) is 19.8 Å². The van der Waals surface area contributed by atoms with E-state index in [9.17, 15) is 4.79 Å². The molecule has 1 aliphatic heterocycles. The molecule has 2 rings (SSSR count). The molecule has 0 atom stereocenters. The lowest BCUT2D eigenvalue weighted by atomic mass is 10.1. The first kappa shape index (κ1) is 11.6. The van der Waals surface area contributed by atoms with Gasteiger partial charge in [0.05, 0.1) is 0 Å². The van der Waals surface area contributed by atoms with E-state index in [2.05, 4.69) is 29.4 Å². The van der Waals surface area contributed by atoms with Gasteiger partial charge in [0.25, 0.3) is 0 Å². The maximum Gasteiger partial charge on any atom is 0.224 e. The number of carbonyl (C=O) groups excluding carboxylic acids is 1. The van der Waals surface area contributed by atoms with Crippen molar-refractivity contribution in [2.75, 3.05) is 6.54 Å². The highest BCUT2D eigenvalue weighted by molar-refractivity contribution is 5.84. The molecule has 1 aromatic heterocycles. The summed E-state index contributed by atoms with van der Waals surface area (Å²) in [5.41, 5.74) is 2.21. The number of imidazole rings is 1. The van der Waals surface area contributed by atoms with Gasteiger partial charge in [-0.2, -0.15) is 0 Å². The second kappa shape index (κ2) is 4.99. The molecular formula is C13H17N3O. The fourth-order valence-corrected chi connectivity index (χ4v) is 1.94. The molecule has 1 saturated heterocycles. The number of amides is 1. The molecule has 0 spiro atoms. The third-order valence-electron chi connectivity index (χ3n) is 2.76. The first-order valence-electron chi connectivity index (χ1n) is 5.84. The van der Waals surface area contributed by atoms with E-state index in [1.807, 2.05) is 17.8 Å². The molecule has 1 N–H and O–H groups in total. The summed E-state index contributed by atoms with van der Waals surface area (Å²) in [5.74, 6) is 1.05. The molecule has 0 unspecified atom stereocenters. The smallest absolute Gasteiger partial charge is 0.224 e. The van der Waals surface area contributed by atoms with Gasteiger partial charge in [-0.25, -0.2) is 4.98 Å².